The number of likely N-dealkylation sites (tertiary alicyclic amines) is 1. The summed E-state index contributed by atoms with van der Waals surface area (Å²) in [6, 6.07) is 10.4. The van der Waals surface area contributed by atoms with Crippen LogP contribution in [-0.2, 0) is 11.3 Å². The molecule has 1 fully saturated rings. The summed E-state index contributed by atoms with van der Waals surface area (Å²) in [5.41, 5.74) is 1.67. The predicted molar refractivity (Wildman–Crippen MR) is 118 cm³/mol. The maximum absolute atomic E-state index is 12.4. The van der Waals surface area contributed by atoms with Crippen molar-refractivity contribution in [2.45, 2.75) is 58.7 Å². The summed E-state index contributed by atoms with van der Waals surface area (Å²) in [4.78, 5) is 18.8. The van der Waals surface area contributed by atoms with Gasteiger partial charge in [0.1, 0.15) is 11.4 Å². The number of carbonyl (C=O) groups is 1. The Kier molecular flexibility index (Phi) is 5.80. The van der Waals surface area contributed by atoms with Crippen molar-refractivity contribution in [2.24, 2.45) is 0 Å². The standard InChI is InChI=1S/C23H30N6O2/c1-17-25-21(19-14-24-28(16-19)15-18-8-6-5-7-9-18)29(26-17)20-10-12-27(13-11-20)22(30)31-23(2,3)4/h5-9,14,16,20H,10-13,15H2,1-4H3. The smallest absolute Gasteiger partial charge is 0.410 e. The molecule has 1 aromatic carbocycles. The molecule has 3 heterocycles. The van der Waals surface area contributed by atoms with Crippen LogP contribution in [0.25, 0.3) is 11.4 Å². The van der Waals surface area contributed by atoms with Crippen LogP contribution in [0.2, 0.25) is 0 Å². The SMILES string of the molecule is Cc1nc(-c2cnn(Cc3ccccc3)c2)n(C2CCN(C(=O)OC(C)(C)C)CC2)n1. The highest BCUT2D eigenvalue weighted by Crippen LogP contribution is 2.28. The lowest BCUT2D eigenvalue weighted by molar-refractivity contribution is 0.0185. The Morgan fingerprint density at radius 3 is 2.55 bits per heavy atom. The lowest BCUT2D eigenvalue weighted by atomic mass is 10.1. The van der Waals surface area contributed by atoms with Crippen molar-refractivity contribution < 1.29 is 9.53 Å². The zero-order valence-electron chi connectivity index (χ0n) is 18.7. The molecule has 0 bridgehead atoms. The Morgan fingerprint density at radius 1 is 1.16 bits per heavy atom. The third-order valence-corrected chi connectivity index (χ3v) is 5.28. The highest BCUT2D eigenvalue weighted by Gasteiger charge is 2.29. The number of aryl methyl sites for hydroxylation is 1. The van der Waals surface area contributed by atoms with Gasteiger partial charge in [-0.1, -0.05) is 30.3 Å². The number of piperidine rings is 1. The summed E-state index contributed by atoms with van der Waals surface area (Å²) in [6.45, 7) is 9.57. The molecule has 8 heteroatoms. The molecule has 0 aliphatic carbocycles. The number of hydrogen-bond donors (Lipinski definition) is 0. The van der Waals surface area contributed by atoms with Crippen molar-refractivity contribution in [3.05, 3.63) is 54.1 Å². The van der Waals surface area contributed by atoms with Gasteiger partial charge in [0.15, 0.2) is 5.82 Å². The second kappa shape index (κ2) is 8.53. The van der Waals surface area contributed by atoms with Crippen molar-refractivity contribution in [3.63, 3.8) is 0 Å². The molecule has 4 rings (SSSR count). The Hall–Kier alpha value is -3.16. The van der Waals surface area contributed by atoms with Crippen molar-refractivity contribution in [3.8, 4) is 11.4 Å². The van der Waals surface area contributed by atoms with E-state index in [-0.39, 0.29) is 12.1 Å². The molecule has 2 aromatic heterocycles. The average molecular weight is 423 g/mol. The van der Waals surface area contributed by atoms with Gasteiger partial charge >= 0.3 is 6.09 Å². The molecule has 0 N–H and O–H groups in total. The summed E-state index contributed by atoms with van der Waals surface area (Å²) in [5, 5.41) is 9.19. The van der Waals surface area contributed by atoms with Gasteiger partial charge in [-0.25, -0.2) is 14.5 Å². The number of carbonyl (C=O) groups excluding carboxylic acids is 1. The molecular weight excluding hydrogens is 392 g/mol. The van der Waals surface area contributed by atoms with Crippen LogP contribution in [0.4, 0.5) is 4.79 Å². The first-order valence-corrected chi connectivity index (χ1v) is 10.8. The van der Waals surface area contributed by atoms with E-state index in [2.05, 4.69) is 27.3 Å². The fourth-order valence-electron chi connectivity index (χ4n) is 3.84. The molecule has 0 atom stereocenters. The molecule has 8 nitrogen and oxygen atoms in total. The maximum Gasteiger partial charge on any atom is 0.410 e. The lowest BCUT2D eigenvalue weighted by Crippen LogP contribution is -2.42. The molecule has 1 aliphatic heterocycles. The van der Waals surface area contributed by atoms with Gasteiger partial charge in [-0.3, -0.25) is 4.68 Å². The second-order valence-corrected chi connectivity index (χ2v) is 9.04. The zero-order valence-corrected chi connectivity index (χ0v) is 18.7. The van der Waals surface area contributed by atoms with Crippen LogP contribution in [0.15, 0.2) is 42.7 Å². The van der Waals surface area contributed by atoms with Crippen LogP contribution < -0.4 is 0 Å². The van der Waals surface area contributed by atoms with E-state index in [0.717, 1.165) is 30.1 Å². The summed E-state index contributed by atoms with van der Waals surface area (Å²) >= 11 is 0. The second-order valence-electron chi connectivity index (χ2n) is 9.04. The number of nitrogens with zero attached hydrogens (tertiary/aromatic N) is 6. The van der Waals surface area contributed by atoms with Gasteiger partial charge in [0.25, 0.3) is 0 Å². The Morgan fingerprint density at radius 2 is 1.87 bits per heavy atom. The summed E-state index contributed by atoms with van der Waals surface area (Å²) in [6.07, 6.45) is 5.24. The van der Waals surface area contributed by atoms with Crippen molar-refractivity contribution in [1.82, 2.24) is 29.4 Å². The minimum atomic E-state index is -0.482. The summed E-state index contributed by atoms with van der Waals surface area (Å²) < 4.78 is 9.43. The van der Waals surface area contributed by atoms with Gasteiger partial charge in [0.05, 0.1) is 24.3 Å². The third kappa shape index (κ3) is 5.13. The zero-order chi connectivity index (χ0) is 22.0. The van der Waals surface area contributed by atoms with Gasteiger partial charge in [-0.05, 0) is 46.1 Å². The normalized spacial score (nSPS) is 15.3. The Labute approximate surface area is 182 Å². The van der Waals surface area contributed by atoms with Crippen LogP contribution >= 0.6 is 0 Å². The lowest BCUT2D eigenvalue weighted by Gasteiger charge is -2.33. The molecule has 1 aliphatic rings. The van der Waals surface area contributed by atoms with Crippen LogP contribution in [0, 0.1) is 6.92 Å². The minimum absolute atomic E-state index is 0.187. The molecule has 164 valence electrons. The number of amides is 1. The van der Waals surface area contributed by atoms with Crippen LogP contribution in [0.3, 0.4) is 0 Å². The minimum Gasteiger partial charge on any atom is -0.444 e. The molecule has 0 spiro atoms. The highest BCUT2D eigenvalue weighted by atomic mass is 16.6. The van der Waals surface area contributed by atoms with E-state index in [1.165, 1.54) is 5.56 Å². The maximum atomic E-state index is 12.4. The predicted octanol–water partition coefficient (Wildman–Crippen LogP) is 4.07. The third-order valence-electron chi connectivity index (χ3n) is 5.28. The van der Waals surface area contributed by atoms with Gasteiger partial charge in [-0.15, -0.1) is 0 Å². The molecule has 3 aromatic rings. The number of ether oxygens (including phenoxy) is 1. The monoisotopic (exact) mass is 422 g/mol. The molecular formula is C23H30N6O2. The molecule has 31 heavy (non-hydrogen) atoms. The van der Waals surface area contributed by atoms with Crippen LogP contribution in [0.1, 0.15) is 51.0 Å². The van der Waals surface area contributed by atoms with E-state index >= 15 is 0 Å². The van der Waals surface area contributed by atoms with Gasteiger partial charge in [-0.2, -0.15) is 10.2 Å². The van der Waals surface area contributed by atoms with E-state index in [9.17, 15) is 4.79 Å². The largest absolute Gasteiger partial charge is 0.444 e. The van der Waals surface area contributed by atoms with E-state index in [1.54, 1.807) is 4.90 Å². The topological polar surface area (TPSA) is 78.1 Å². The highest BCUT2D eigenvalue weighted by molar-refractivity contribution is 5.68. The molecule has 0 saturated carbocycles. The Balaban J connectivity index is 1.46. The average Bonchev–Trinajstić information content (AvgIpc) is 3.34. The fraction of sp³-hybridized carbons (Fsp3) is 0.478. The van der Waals surface area contributed by atoms with Crippen molar-refractivity contribution in [2.75, 3.05) is 13.1 Å². The van der Waals surface area contributed by atoms with E-state index in [0.29, 0.717) is 19.6 Å². The molecule has 1 saturated heterocycles. The number of aromatic nitrogens is 5. The van der Waals surface area contributed by atoms with Gasteiger partial charge < -0.3 is 9.64 Å². The fourth-order valence-corrected chi connectivity index (χ4v) is 3.84. The quantitative estimate of drug-likeness (QED) is 0.633. The van der Waals surface area contributed by atoms with E-state index < -0.39 is 5.60 Å². The van der Waals surface area contributed by atoms with E-state index in [1.807, 2.05) is 67.7 Å². The van der Waals surface area contributed by atoms with E-state index in [4.69, 9.17) is 4.74 Å². The van der Waals surface area contributed by atoms with Gasteiger partial charge in [0, 0.05) is 19.3 Å². The van der Waals surface area contributed by atoms with Crippen molar-refractivity contribution in [1.29, 1.82) is 0 Å². The summed E-state index contributed by atoms with van der Waals surface area (Å²) in [7, 11) is 0. The first kappa shape index (κ1) is 21.1. The van der Waals surface area contributed by atoms with Crippen LogP contribution in [0.5, 0.6) is 0 Å². The Bertz CT molecular complexity index is 1030. The first-order valence-electron chi connectivity index (χ1n) is 10.8. The molecule has 0 radical (unpaired) electrons. The van der Waals surface area contributed by atoms with Crippen molar-refractivity contribution >= 4 is 6.09 Å². The number of benzene rings is 1. The van der Waals surface area contributed by atoms with Crippen LogP contribution in [-0.4, -0.2) is 54.2 Å². The number of rotatable bonds is 4. The first-order chi connectivity index (χ1) is 14.8. The number of hydrogen-bond acceptors (Lipinski definition) is 5. The molecule has 0 unspecified atom stereocenters. The molecule has 1 amide bonds. The van der Waals surface area contributed by atoms with Gasteiger partial charge in [0.2, 0.25) is 0 Å². The summed E-state index contributed by atoms with van der Waals surface area (Å²) in [5.74, 6) is 1.56.